The van der Waals surface area contributed by atoms with Crippen molar-refractivity contribution in [3.05, 3.63) is 182 Å². The Balaban J connectivity index is 1.26. The fourth-order valence-corrected chi connectivity index (χ4v) is 7.26. The van der Waals surface area contributed by atoms with Gasteiger partial charge in [0.25, 0.3) is 0 Å². The second-order valence-electron chi connectivity index (χ2n) is 12.1. The molecule has 0 radical (unpaired) electrons. The molecule has 10 aromatic rings. The molecule has 0 aliphatic carbocycles. The predicted octanol–water partition coefficient (Wildman–Crippen LogP) is 13.7. The van der Waals surface area contributed by atoms with E-state index in [4.69, 9.17) is 18.1 Å². The minimum Gasteiger partial charge on any atom is -0.456 e. The van der Waals surface area contributed by atoms with E-state index in [9.17, 15) is 0 Å². The molecule has 0 N–H and O–H groups in total. The van der Waals surface area contributed by atoms with Gasteiger partial charge in [-0.3, -0.25) is 0 Å². The Morgan fingerprint density at radius 3 is 1.45 bits per heavy atom. The van der Waals surface area contributed by atoms with Crippen LogP contribution in [0.2, 0.25) is 0 Å². The van der Waals surface area contributed by atoms with Crippen molar-refractivity contribution in [2.24, 2.45) is 0 Å². The number of rotatable bonds is 4. The van der Waals surface area contributed by atoms with E-state index in [0.29, 0.717) is 5.56 Å². The minimum absolute atomic E-state index is 0.136. The Kier molecular flexibility index (Phi) is 4.39. The van der Waals surface area contributed by atoms with Gasteiger partial charge in [0.15, 0.2) is 0 Å². The summed E-state index contributed by atoms with van der Waals surface area (Å²) in [7, 11) is 0. The van der Waals surface area contributed by atoms with Gasteiger partial charge in [-0.2, -0.15) is 0 Å². The van der Waals surface area contributed by atoms with E-state index in [0.717, 1.165) is 70.9 Å². The number of hydrogen-bond acceptors (Lipinski definition) is 1. The molecule has 0 atom stereocenters. The summed E-state index contributed by atoms with van der Waals surface area (Å²) < 4.78 is 92.5. The summed E-state index contributed by atoms with van der Waals surface area (Å²) in [5, 5.41) is 7.96. The Bertz CT molecular complexity index is 3350. The summed E-state index contributed by atoms with van der Waals surface area (Å²) in [6, 6.07) is 34.8. The van der Waals surface area contributed by atoms with Gasteiger partial charge in [0, 0.05) is 10.8 Å². The van der Waals surface area contributed by atoms with Crippen LogP contribution in [-0.2, 0) is 0 Å². The molecule has 0 aliphatic heterocycles. The smallest absolute Gasteiger partial charge is 0.136 e. The van der Waals surface area contributed by atoms with Crippen molar-refractivity contribution in [1.82, 2.24) is 0 Å². The molecule has 228 valence electrons. The van der Waals surface area contributed by atoms with E-state index in [1.807, 2.05) is 48.5 Å². The number of hydrogen-bond donors (Lipinski definition) is 0. The van der Waals surface area contributed by atoms with Crippen LogP contribution in [0.1, 0.15) is 13.7 Å². The maximum absolute atomic E-state index is 8.97. The lowest BCUT2D eigenvalue weighted by Gasteiger charge is -2.19. The van der Waals surface area contributed by atoms with Gasteiger partial charge in [0.05, 0.1) is 13.7 Å². The molecule has 0 fully saturated rings. The standard InChI is InChI=1S/C48H30O/c1-3-13-31(14-4-1)37-25-23-35(28-43(37)32-15-5-2-6-16-32)47-39-19-9-11-21-41(39)48(42-22-12-10-20-40(42)47)36-24-26-38-44-27-33-17-7-8-18-34(33)29-46(44)49-45(38)30-36/h1-30H/i1D,2D,3D,4D,5D,6D,13D,14D,15D,16D. The van der Waals surface area contributed by atoms with Crippen LogP contribution in [0.3, 0.4) is 0 Å². The van der Waals surface area contributed by atoms with E-state index >= 15 is 0 Å². The molecular weight excluding hydrogens is 593 g/mol. The first kappa shape index (κ1) is 19.4. The van der Waals surface area contributed by atoms with Gasteiger partial charge < -0.3 is 4.42 Å². The molecular formula is C48H30O. The molecule has 0 amide bonds. The normalized spacial score (nSPS) is 14.5. The first-order valence-corrected chi connectivity index (χ1v) is 16.0. The van der Waals surface area contributed by atoms with Crippen molar-refractivity contribution in [3.63, 3.8) is 0 Å². The van der Waals surface area contributed by atoms with Crippen molar-refractivity contribution >= 4 is 54.3 Å². The molecule has 10 rings (SSSR count). The maximum atomic E-state index is 8.97. The first-order valence-electron chi connectivity index (χ1n) is 21.0. The third kappa shape index (κ3) is 4.47. The molecule has 0 saturated heterocycles. The largest absolute Gasteiger partial charge is 0.456 e. The molecule has 1 heterocycles. The summed E-state index contributed by atoms with van der Waals surface area (Å²) in [6.07, 6.45) is 0. The highest BCUT2D eigenvalue weighted by Crippen LogP contribution is 2.46. The van der Waals surface area contributed by atoms with Gasteiger partial charge >= 0.3 is 0 Å². The summed E-state index contributed by atoms with van der Waals surface area (Å²) in [5.41, 5.74) is 4.98. The SMILES string of the molecule is [2H]c1c([2H])c([2H])c(-c2ccc(-c3c4ccccc4c(-c4ccc5c(c4)oc4cc6ccccc6cc45)c4ccccc34)cc2-c2c([2H])c([2H])c([2H])c([2H])c2[2H])c([2H])c1[2H]. The molecule has 0 unspecified atom stereocenters. The highest BCUT2D eigenvalue weighted by atomic mass is 16.3. The zero-order valence-electron chi connectivity index (χ0n) is 36.0. The highest BCUT2D eigenvalue weighted by molar-refractivity contribution is 6.22. The quantitative estimate of drug-likeness (QED) is 0.176. The Labute approximate surface area is 298 Å². The maximum Gasteiger partial charge on any atom is 0.136 e. The Morgan fingerprint density at radius 2 is 0.837 bits per heavy atom. The summed E-state index contributed by atoms with van der Waals surface area (Å²) in [6.45, 7) is 0. The molecule has 0 bridgehead atoms. The van der Waals surface area contributed by atoms with E-state index in [1.165, 1.54) is 0 Å². The molecule has 49 heavy (non-hydrogen) atoms. The molecule has 1 heteroatoms. The predicted molar refractivity (Wildman–Crippen MR) is 208 cm³/mol. The van der Waals surface area contributed by atoms with Crippen LogP contribution in [0.15, 0.2) is 186 Å². The van der Waals surface area contributed by atoms with Crippen molar-refractivity contribution in [2.75, 3.05) is 0 Å². The van der Waals surface area contributed by atoms with Crippen molar-refractivity contribution in [1.29, 1.82) is 0 Å². The molecule has 0 saturated carbocycles. The zero-order valence-corrected chi connectivity index (χ0v) is 26.0. The van der Waals surface area contributed by atoms with E-state index in [1.54, 1.807) is 18.2 Å². The molecule has 9 aromatic carbocycles. The van der Waals surface area contributed by atoms with Crippen molar-refractivity contribution in [2.45, 2.75) is 0 Å². The van der Waals surface area contributed by atoms with Crippen LogP contribution < -0.4 is 0 Å². The van der Waals surface area contributed by atoms with Gasteiger partial charge in [0.2, 0.25) is 0 Å². The van der Waals surface area contributed by atoms with E-state index in [2.05, 4.69) is 54.6 Å². The molecule has 0 spiro atoms. The van der Waals surface area contributed by atoms with E-state index < -0.39 is 60.4 Å². The van der Waals surface area contributed by atoms with Crippen LogP contribution in [0.4, 0.5) is 0 Å². The van der Waals surface area contributed by atoms with Crippen molar-refractivity contribution in [3.8, 4) is 44.5 Å². The van der Waals surface area contributed by atoms with Crippen LogP contribution in [-0.4, -0.2) is 0 Å². The molecule has 1 nitrogen and oxygen atoms in total. The Hall–Kier alpha value is -6.44. The number of benzene rings is 9. The lowest BCUT2D eigenvalue weighted by atomic mass is 9.84. The summed E-state index contributed by atoms with van der Waals surface area (Å²) in [4.78, 5) is 0. The fourth-order valence-electron chi connectivity index (χ4n) is 7.26. The molecule has 1 aromatic heterocycles. The topological polar surface area (TPSA) is 13.1 Å². The Morgan fingerprint density at radius 1 is 0.347 bits per heavy atom. The van der Waals surface area contributed by atoms with Gasteiger partial charge in [-0.1, -0.05) is 151 Å². The summed E-state index contributed by atoms with van der Waals surface area (Å²) >= 11 is 0. The highest BCUT2D eigenvalue weighted by Gasteiger charge is 2.19. The van der Waals surface area contributed by atoms with E-state index in [-0.39, 0.29) is 22.3 Å². The zero-order chi connectivity index (χ0) is 41.0. The third-order valence-corrected chi connectivity index (χ3v) is 9.41. The molecule has 0 aliphatic rings. The monoisotopic (exact) mass is 632 g/mol. The van der Waals surface area contributed by atoms with Gasteiger partial charge in [0.1, 0.15) is 11.2 Å². The minimum atomic E-state index is -0.564. The van der Waals surface area contributed by atoms with Crippen LogP contribution >= 0.6 is 0 Å². The van der Waals surface area contributed by atoms with Gasteiger partial charge in [-0.15, -0.1) is 0 Å². The third-order valence-electron chi connectivity index (χ3n) is 9.41. The van der Waals surface area contributed by atoms with Crippen LogP contribution in [0.5, 0.6) is 0 Å². The second-order valence-corrected chi connectivity index (χ2v) is 12.1. The first-order chi connectivity index (χ1) is 28.4. The number of fused-ring (bicyclic) bond motifs is 6. The average Bonchev–Trinajstić information content (AvgIpc) is 3.61. The van der Waals surface area contributed by atoms with Crippen LogP contribution in [0.25, 0.3) is 98.8 Å². The fraction of sp³-hybridized carbons (Fsp3) is 0. The van der Waals surface area contributed by atoms with Gasteiger partial charge in [-0.25, -0.2) is 0 Å². The van der Waals surface area contributed by atoms with Crippen LogP contribution in [0, 0.1) is 0 Å². The van der Waals surface area contributed by atoms with Gasteiger partial charge in [-0.05, 0) is 107 Å². The second kappa shape index (κ2) is 11.1. The average molecular weight is 633 g/mol. The summed E-state index contributed by atoms with van der Waals surface area (Å²) in [5.74, 6) is 0. The lowest BCUT2D eigenvalue weighted by Crippen LogP contribution is -1.92. The lowest BCUT2D eigenvalue weighted by molar-refractivity contribution is 0.669. The van der Waals surface area contributed by atoms with Crippen molar-refractivity contribution < 1.29 is 18.1 Å². The number of furan rings is 1.